The molecule has 0 aliphatic carbocycles. The van der Waals surface area contributed by atoms with Gasteiger partial charge in [-0.05, 0) is 34.1 Å². The predicted molar refractivity (Wildman–Crippen MR) is 64.1 cm³/mol. The van der Waals surface area contributed by atoms with Crippen LogP contribution in [-0.4, -0.2) is 35.2 Å². The van der Waals surface area contributed by atoms with Gasteiger partial charge in [0.15, 0.2) is 0 Å². The lowest BCUT2D eigenvalue weighted by Gasteiger charge is -2.42. The molecule has 1 amide bonds. The number of amides is 1. The molecule has 2 atom stereocenters. The number of methoxy groups -OCH3 is 1. The first-order chi connectivity index (χ1) is 7.23. The van der Waals surface area contributed by atoms with E-state index in [0.29, 0.717) is 0 Å². The number of hydrogen-bond acceptors (Lipinski definition) is 3. The highest BCUT2D eigenvalue weighted by molar-refractivity contribution is 5.71. The van der Waals surface area contributed by atoms with Crippen LogP contribution < -0.4 is 5.73 Å². The zero-order chi connectivity index (χ0) is 12.6. The van der Waals surface area contributed by atoms with Gasteiger partial charge >= 0.3 is 6.09 Å². The molecule has 0 aromatic heterocycles. The van der Waals surface area contributed by atoms with E-state index in [-0.39, 0.29) is 23.2 Å². The maximum atomic E-state index is 11.8. The van der Waals surface area contributed by atoms with E-state index in [0.717, 1.165) is 6.42 Å². The number of nitrogens with two attached hydrogens (primary N) is 1. The van der Waals surface area contributed by atoms with Crippen molar-refractivity contribution in [3.63, 3.8) is 0 Å². The molecule has 1 rings (SSSR count). The Bertz CT molecular complexity index is 310. The molecule has 4 heteroatoms. The fourth-order valence-corrected chi connectivity index (χ4v) is 2.54. The van der Waals surface area contributed by atoms with Gasteiger partial charge in [-0.15, -0.1) is 0 Å². The van der Waals surface area contributed by atoms with Crippen LogP contribution in [0.15, 0.2) is 12.2 Å². The number of carbonyl (C=O) groups excluding carboxylic acids is 1. The summed E-state index contributed by atoms with van der Waals surface area (Å²) >= 11 is 0. The number of carbonyl (C=O) groups is 1. The maximum absolute atomic E-state index is 11.8. The SMILES string of the molecule is COC(=O)N1C(C)(C)C=CC1(C)CC(C)N. The van der Waals surface area contributed by atoms with Crippen molar-refractivity contribution in [2.75, 3.05) is 7.11 Å². The first kappa shape index (κ1) is 13.0. The van der Waals surface area contributed by atoms with Crippen LogP contribution in [0.4, 0.5) is 4.79 Å². The Morgan fingerprint density at radius 3 is 2.44 bits per heavy atom. The van der Waals surface area contributed by atoms with E-state index in [4.69, 9.17) is 10.5 Å². The van der Waals surface area contributed by atoms with Crippen molar-refractivity contribution in [3.05, 3.63) is 12.2 Å². The highest BCUT2D eigenvalue weighted by Gasteiger charge is 2.46. The molecule has 2 unspecified atom stereocenters. The molecule has 0 spiro atoms. The molecule has 1 aliphatic rings. The highest BCUT2D eigenvalue weighted by atomic mass is 16.5. The van der Waals surface area contributed by atoms with Crippen molar-refractivity contribution in [1.29, 1.82) is 0 Å². The zero-order valence-corrected chi connectivity index (χ0v) is 10.8. The van der Waals surface area contributed by atoms with E-state index in [1.807, 2.05) is 39.8 Å². The summed E-state index contributed by atoms with van der Waals surface area (Å²) in [5, 5.41) is 0. The Morgan fingerprint density at radius 2 is 2.00 bits per heavy atom. The van der Waals surface area contributed by atoms with Crippen LogP contribution in [0.3, 0.4) is 0 Å². The van der Waals surface area contributed by atoms with Crippen LogP contribution in [0, 0.1) is 0 Å². The van der Waals surface area contributed by atoms with Crippen LogP contribution in [0.5, 0.6) is 0 Å². The predicted octanol–water partition coefficient (Wildman–Crippen LogP) is 1.90. The van der Waals surface area contributed by atoms with Crippen LogP contribution in [0.1, 0.15) is 34.1 Å². The van der Waals surface area contributed by atoms with E-state index in [1.54, 1.807) is 4.90 Å². The number of hydrogen-bond donors (Lipinski definition) is 1. The fraction of sp³-hybridized carbons (Fsp3) is 0.750. The fourth-order valence-electron chi connectivity index (χ4n) is 2.54. The molecule has 0 aromatic carbocycles. The first-order valence-corrected chi connectivity index (χ1v) is 5.57. The molecule has 1 heterocycles. The standard InChI is InChI=1S/C12H22N2O2/c1-9(13)8-12(4)7-6-11(2,3)14(12)10(15)16-5/h6-7,9H,8,13H2,1-5H3. The Balaban J connectivity index is 3.02. The first-order valence-electron chi connectivity index (χ1n) is 5.57. The average molecular weight is 226 g/mol. The van der Waals surface area contributed by atoms with Gasteiger partial charge < -0.3 is 10.5 Å². The molecule has 0 saturated carbocycles. The van der Waals surface area contributed by atoms with Gasteiger partial charge in [0.1, 0.15) is 0 Å². The van der Waals surface area contributed by atoms with Crippen LogP contribution in [0.25, 0.3) is 0 Å². The van der Waals surface area contributed by atoms with Gasteiger partial charge in [-0.25, -0.2) is 4.79 Å². The second kappa shape index (κ2) is 4.09. The summed E-state index contributed by atoms with van der Waals surface area (Å²) in [5.74, 6) is 0. The van der Waals surface area contributed by atoms with Gasteiger partial charge in [-0.3, -0.25) is 4.90 Å². The zero-order valence-electron chi connectivity index (χ0n) is 10.8. The minimum Gasteiger partial charge on any atom is -0.453 e. The summed E-state index contributed by atoms with van der Waals surface area (Å²) in [4.78, 5) is 13.6. The topological polar surface area (TPSA) is 55.6 Å². The summed E-state index contributed by atoms with van der Waals surface area (Å²) in [6, 6.07) is 0.0377. The number of nitrogens with zero attached hydrogens (tertiary/aromatic N) is 1. The molecule has 0 bridgehead atoms. The Hall–Kier alpha value is -1.03. The van der Waals surface area contributed by atoms with E-state index in [2.05, 4.69) is 0 Å². The molecule has 0 fully saturated rings. The highest BCUT2D eigenvalue weighted by Crippen LogP contribution is 2.37. The summed E-state index contributed by atoms with van der Waals surface area (Å²) in [6.45, 7) is 7.94. The molecule has 0 saturated heterocycles. The van der Waals surface area contributed by atoms with Gasteiger partial charge in [0.2, 0.25) is 0 Å². The van der Waals surface area contributed by atoms with E-state index >= 15 is 0 Å². The number of rotatable bonds is 2. The Morgan fingerprint density at radius 1 is 1.44 bits per heavy atom. The monoisotopic (exact) mass is 226 g/mol. The minimum atomic E-state index is -0.356. The molecular formula is C12H22N2O2. The van der Waals surface area contributed by atoms with E-state index in [9.17, 15) is 4.79 Å². The molecule has 0 radical (unpaired) electrons. The van der Waals surface area contributed by atoms with Crippen molar-refractivity contribution in [1.82, 2.24) is 4.90 Å². The third-order valence-electron chi connectivity index (χ3n) is 3.03. The summed E-state index contributed by atoms with van der Waals surface area (Å²) in [7, 11) is 1.41. The van der Waals surface area contributed by atoms with Gasteiger partial charge in [0, 0.05) is 6.04 Å². The Labute approximate surface area is 97.4 Å². The molecular weight excluding hydrogens is 204 g/mol. The van der Waals surface area contributed by atoms with Crippen molar-refractivity contribution < 1.29 is 9.53 Å². The van der Waals surface area contributed by atoms with Gasteiger partial charge in [0.05, 0.1) is 18.2 Å². The van der Waals surface area contributed by atoms with Gasteiger partial charge in [-0.2, -0.15) is 0 Å². The smallest absolute Gasteiger partial charge is 0.410 e. The van der Waals surface area contributed by atoms with Crippen LogP contribution in [-0.2, 0) is 4.74 Å². The van der Waals surface area contributed by atoms with Gasteiger partial charge in [0.25, 0.3) is 0 Å². The second-order valence-corrected chi connectivity index (χ2v) is 5.33. The Kier molecular flexibility index (Phi) is 3.33. The van der Waals surface area contributed by atoms with Crippen molar-refractivity contribution in [2.24, 2.45) is 5.73 Å². The van der Waals surface area contributed by atoms with E-state index in [1.165, 1.54) is 7.11 Å². The quantitative estimate of drug-likeness (QED) is 0.732. The molecule has 92 valence electrons. The van der Waals surface area contributed by atoms with Crippen LogP contribution >= 0.6 is 0 Å². The molecule has 4 nitrogen and oxygen atoms in total. The third kappa shape index (κ3) is 2.21. The number of ether oxygens (including phenoxy) is 1. The summed E-state index contributed by atoms with van der Waals surface area (Å²) in [6.07, 6.45) is 4.50. The largest absolute Gasteiger partial charge is 0.453 e. The van der Waals surface area contributed by atoms with E-state index < -0.39 is 0 Å². The third-order valence-corrected chi connectivity index (χ3v) is 3.03. The molecule has 1 aliphatic heterocycles. The summed E-state index contributed by atoms with van der Waals surface area (Å²) < 4.78 is 4.85. The second-order valence-electron chi connectivity index (χ2n) is 5.33. The molecule has 2 N–H and O–H groups in total. The molecule has 16 heavy (non-hydrogen) atoms. The lowest BCUT2D eigenvalue weighted by Crippen LogP contribution is -2.55. The van der Waals surface area contributed by atoms with Crippen molar-refractivity contribution in [3.8, 4) is 0 Å². The maximum Gasteiger partial charge on any atom is 0.410 e. The summed E-state index contributed by atoms with van der Waals surface area (Å²) in [5.41, 5.74) is 5.16. The van der Waals surface area contributed by atoms with Gasteiger partial charge in [-0.1, -0.05) is 12.2 Å². The lowest BCUT2D eigenvalue weighted by molar-refractivity contribution is 0.0532. The van der Waals surface area contributed by atoms with Crippen molar-refractivity contribution >= 4 is 6.09 Å². The molecule has 0 aromatic rings. The van der Waals surface area contributed by atoms with Crippen molar-refractivity contribution in [2.45, 2.75) is 51.2 Å². The average Bonchev–Trinajstić information content (AvgIpc) is 2.35. The van der Waals surface area contributed by atoms with Crippen LogP contribution in [0.2, 0.25) is 0 Å². The normalized spacial score (nSPS) is 29.2. The minimum absolute atomic E-state index is 0.0377. The lowest BCUT2D eigenvalue weighted by atomic mass is 9.93.